The highest BCUT2D eigenvalue weighted by molar-refractivity contribution is 7.92. The third-order valence-electron chi connectivity index (χ3n) is 8.00. The van der Waals surface area contributed by atoms with Gasteiger partial charge in [-0.1, -0.05) is 55.7 Å². The topological polar surface area (TPSA) is 105 Å². The van der Waals surface area contributed by atoms with Crippen molar-refractivity contribution in [2.75, 3.05) is 25.1 Å². The van der Waals surface area contributed by atoms with Gasteiger partial charge < -0.3 is 19.7 Å². The number of carbonyl (C=O) groups is 2. The minimum absolute atomic E-state index is 0.0134. The molecule has 1 atom stereocenters. The Balaban J connectivity index is 1.71. The fourth-order valence-electron chi connectivity index (χ4n) is 5.35. The van der Waals surface area contributed by atoms with Crippen molar-refractivity contribution in [1.82, 2.24) is 10.2 Å². The van der Waals surface area contributed by atoms with Gasteiger partial charge in [0.05, 0.1) is 24.8 Å². The number of benzene rings is 3. The lowest BCUT2D eigenvalue weighted by Crippen LogP contribution is -2.53. The van der Waals surface area contributed by atoms with E-state index < -0.39 is 28.5 Å². The summed E-state index contributed by atoms with van der Waals surface area (Å²) in [5.41, 5.74) is 2.05. The molecule has 0 radical (unpaired) electrons. The van der Waals surface area contributed by atoms with Gasteiger partial charge in [-0.05, 0) is 74.2 Å². The van der Waals surface area contributed by atoms with E-state index in [2.05, 4.69) is 5.32 Å². The number of para-hydroxylation sites is 2. The van der Waals surface area contributed by atoms with Gasteiger partial charge in [-0.2, -0.15) is 0 Å². The van der Waals surface area contributed by atoms with Gasteiger partial charge in [0.25, 0.3) is 10.0 Å². The highest BCUT2D eigenvalue weighted by Crippen LogP contribution is 2.33. The van der Waals surface area contributed by atoms with E-state index in [0.29, 0.717) is 11.5 Å². The second-order valence-electron chi connectivity index (χ2n) is 10.8. The molecule has 3 aromatic carbocycles. The first-order chi connectivity index (χ1) is 20.6. The van der Waals surface area contributed by atoms with E-state index in [4.69, 9.17) is 9.47 Å². The molecule has 1 N–H and O–H groups in total. The Kier molecular flexibility index (Phi) is 10.7. The van der Waals surface area contributed by atoms with Crippen LogP contribution < -0.4 is 19.1 Å². The van der Waals surface area contributed by atoms with E-state index in [1.54, 1.807) is 43.3 Å². The van der Waals surface area contributed by atoms with Crippen molar-refractivity contribution in [3.63, 3.8) is 0 Å². The summed E-state index contributed by atoms with van der Waals surface area (Å²) in [4.78, 5) is 29.2. The third-order valence-corrected chi connectivity index (χ3v) is 9.77. The van der Waals surface area contributed by atoms with Gasteiger partial charge in [0.1, 0.15) is 24.1 Å². The molecule has 10 heteroatoms. The first kappa shape index (κ1) is 31.9. The zero-order valence-corrected chi connectivity index (χ0v) is 26.1. The molecule has 2 amide bonds. The molecule has 230 valence electrons. The van der Waals surface area contributed by atoms with Gasteiger partial charge in [0.15, 0.2) is 0 Å². The average molecular weight is 608 g/mol. The molecule has 0 aliphatic heterocycles. The summed E-state index contributed by atoms with van der Waals surface area (Å²) in [6.45, 7) is 3.24. The first-order valence-electron chi connectivity index (χ1n) is 14.6. The minimum Gasteiger partial charge on any atom is -0.497 e. The number of carbonyl (C=O) groups excluding carboxylic acids is 2. The SMILES string of the molecule is COc1ccc(S(=O)(=O)N(CC(=O)N(Cc2ccccc2C)[C@@H](C)C(=O)NC2CCCCC2)c2ccccc2OC)cc1. The van der Waals surface area contributed by atoms with Crippen molar-refractivity contribution in [2.45, 2.75) is 69.5 Å². The van der Waals surface area contributed by atoms with Crippen molar-refractivity contribution in [3.05, 3.63) is 83.9 Å². The van der Waals surface area contributed by atoms with Gasteiger partial charge in [-0.15, -0.1) is 0 Å². The van der Waals surface area contributed by atoms with E-state index in [9.17, 15) is 18.0 Å². The van der Waals surface area contributed by atoms with Crippen molar-refractivity contribution in [2.24, 2.45) is 0 Å². The lowest BCUT2D eigenvalue weighted by atomic mass is 9.95. The van der Waals surface area contributed by atoms with Gasteiger partial charge in [0.2, 0.25) is 11.8 Å². The Bertz CT molecular complexity index is 1500. The quantitative estimate of drug-likeness (QED) is 0.308. The molecule has 0 bridgehead atoms. The molecule has 3 aromatic rings. The Morgan fingerprint density at radius 3 is 2.21 bits per heavy atom. The van der Waals surface area contributed by atoms with Crippen LogP contribution >= 0.6 is 0 Å². The van der Waals surface area contributed by atoms with Crippen molar-refractivity contribution < 1.29 is 27.5 Å². The maximum absolute atomic E-state index is 14.2. The molecule has 1 saturated carbocycles. The second-order valence-corrected chi connectivity index (χ2v) is 12.7. The molecule has 1 aliphatic rings. The fourth-order valence-corrected chi connectivity index (χ4v) is 6.77. The monoisotopic (exact) mass is 607 g/mol. The summed E-state index contributed by atoms with van der Waals surface area (Å²) in [7, 11) is -1.30. The van der Waals surface area contributed by atoms with Crippen LogP contribution in [0.1, 0.15) is 50.2 Å². The summed E-state index contributed by atoms with van der Waals surface area (Å²) < 4.78 is 40.0. The van der Waals surface area contributed by atoms with Crippen LogP contribution in [0, 0.1) is 6.92 Å². The van der Waals surface area contributed by atoms with Crippen LogP contribution in [0.2, 0.25) is 0 Å². The molecular weight excluding hydrogens is 566 g/mol. The number of hydrogen-bond acceptors (Lipinski definition) is 6. The number of anilines is 1. The molecule has 9 nitrogen and oxygen atoms in total. The molecule has 0 aromatic heterocycles. The standard InChI is InChI=1S/C33H41N3O6S/c1-24-12-8-9-13-26(24)22-35(25(2)33(38)34-27-14-6-5-7-15-27)32(37)23-36(30-16-10-11-17-31(30)42-4)43(39,40)29-20-18-28(41-3)19-21-29/h8-13,16-21,25,27H,5-7,14-15,22-23H2,1-4H3,(H,34,38)/t25-/m0/s1. The van der Waals surface area contributed by atoms with Gasteiger partial charge in [-0.25, -0.2) is 8.42 Å². The van der Waals surface area contributed by atoms with Crippen LogP contribution in [0.5, 0.6) is 11.5 Å². The third kappa shape index (κ3) is 7.67. The van der Waals surface area contributed by atoms with Crippen molar-refractivity contribution in [3.8, 4) is 11.5 Å². The summed E-state index contributed by atoms with van der Waals surface area (Å²) >= 11 is 0. The van der Waals surface area contributed by atoms with Crippen molar-refractivity contribution >= 4 is 27.5 Å². The molecule has 4 rings (SSSR count). The van der Waals surface area contributed by atoms with E-state index >= 15 is 0 Å². The molecule has 43 heavy (non-hydrogen) atoms. The second kappa shape index (κ2) is 14.4. The van der Waals surface area contributed by atoms with Gasteiger partial charge >= 0.3 is 0 Å². The van der Waals surface area contributed by atoms with E-state index in [-0.39, 0.29) is 29.1 Å². The lowest BCUT2D eigenvalue weighted by Gasteiger charge is -2.33. The number of sulfonamides is 1. The number of ether oxygens (including phenoxy) is 2. The average Bonchev–Trinajstić information content (AvgIpc) is 3.03. The zero-order chi connectivity index (χ0) is 31.0. The summed E-state index contributed by atoms with van der Waals surface area (Å²) in [6.07, 6.45) is 5.09. The maximum atomic E-state index is 14.2. The van der Waals surface area contributed by atoms with Crippen LogP contribution in [0.15, 0.2) is 77.7 Å². The van der Waals surface area contributed by atoms with Crippen LogP contribution in [0.25, 0.3) is 0 Å². The van der Waals surface area contributed by atoms with Crippen LogP contribution in [-0.4, -0.2) is 58.0 Å². The number of methoxy groups -OCH3 is 2. The number of nitrogens with one attached hydrogen (secondary N) is 1. The molecule has 0 unspecified atom stereocenters. The maximum Gasteiger partial charge on any atom is 0.264 e. The summed E-state index contributed by atoms with van der Waals surface area (Å²) in [5, 5.41) is 3.13. The molecular formula is C33H41N3O6S. The van der Waals surface area contributed by atoms with Gasteiger partial charge in [-0.3, -0.25) is 13.9 Å². The highest BCUT2D eigenvalue weighted by atomic mass is 32.2. The number of hydrogen-bond donors (Lipinski definition) is 1. The Hall–Kier alpha value is -4.05. The zero-order valence-electron chi connectivity index (χ0n) is 25.3. The number of aryl methyl sites for hydroxylation is 1. The van der Waals surface area contributed by atoms with E-state index in [1.807, 2.05) is 31.2 Å². The number of amides is 2. The molecule has 0 saturated heterocycles. The van der Waals surface area contributed by atoms with E-state index in [0.717, 1.165) is 47.5 Å². The van der Waals surface area contributed by atoms with Crippen molar-refractivity contribution in [1.29, 1.82) is 0 Å². The smallest absolute Gasteiger partial charge is 0.264 e. The molecule has 1 fully saturated rings. The molecule has 1 aliphatic carbocycles. The Morgan fingerprint density at radius 2 is 1.56 bits per heavy atom. The Morgan fingerprint density at radius 1 is 0.907 bits per heavy atom. The molecule has 0 spiro atoms. The fraction of sp³-hybridized carbons (Fsp3) is 0.394. The van der Waals surface area contributed by atoms with Crippen LogP contribution in [0.4, 0.5) is 5.69 Å². The predicted octanol–water partition coefficient (Wildman–Crippen LogP) is 5.07. The van der Waals surface area contributed by atoms with Crippen LogP contribution in [0.3, 0.4) is 0 Å². The summed E-state index contributed by atoms with van der Waals surface area (Å²) in [5.74, 6) is 0.0234. The lowest BCUT2D eigenvalue weighted by molar-refractivity contribution is -0.139. The largest absolute Gasteiger partial charge is 0.497 e. The number of nitrogens with zero attached hydrogens (tertiary/aromatic N) is 2. The summed E-state index contributed by atoms with van der Waals surface area (Å²) in [6, 6.07) is 19.5. The first-order valence-corrected chi connectivity index (χ1v) is 16.0. The van der Waals surface area contributed by atoms with Crippen LogP contribution in [-0.2, 0) is 26.2 Å². The minimum atomic E-state index is -4.24. The van der Waals surface area contributed by atoms with Gasteiger partial charge in [0, 0.05) is 12.6 Å². The molecule has 0 heterocycles. The van der Waals surface area contributed by atoms with E-state index in [1.165, 1.54) is 31.3 Å². The number of rotatable bonds is 12. The normalized spacial score (nSPS) is 14.4. The predicted molar refractivity (Wildman–Crippen MR) is 167 cm³/mol. The highest BCUT2D eigenvalue weighted by Gasteiger charge is 2.34. The Labute approximate surface area is 254 Å².